The molecule has 2 rings (SSSR count). The summed E-state index contributed by atoms with van der Waals surface area (Å²) in [5, 5.41) is 15.6. The minimum absolute atomic E-state index is 0.472. The monoisotopic (exact) mass is 310 g/mol. The number of halogens is 1. The van der Waals surface area contributed by atoms with Crippen LogP contribution < -0.4 is 0 Å². The maximum Gasteiger partial charge on any atom is 0.0856 e. The van der Waals surface area contributed by atoms with E-state index in [0.717, 1.165) is 28.3 Å². The third-order valence-electron chi connectivity index (χ3n) is 3.39. The highest BCUT2D eigenvalue weighted by Gasteiger charge is 2.19. The Morgan fingerprint density at radius 2 is 2.10 bits per heavy atom. The van der Waals surface area contributed by atoms with E-state index >= 15 is 0 Å². The van der Waals surface area contributed by atoms with Gasteiger partial charge in [0.25, 0.3) is 0 Å². The molecular weight excluding hydrogens is 292 g/mol. The first-order chi connectivity index (χ1) is 9.58. The van der Waals surface area contributed by atoms with Crippen molar-refractivity contribution in [3.05, 3.63) is 46.2 Å². The average Bonchev–Trinajstić information content (AvgIpc) is 2.74. The fourth-order valence-corrected chi connectivity index (χ4v) is 3.30. The molecule has 0 aliphatic rings. The predicted molar refractivity (Wildman–Crippen MR) is 84.5 cm³/mol. The lowest BCUT2D eigenvalue weighted by molar-refractivity contribution is 0.173. The normalized spacial score (nSPS) is 12.7. The minimum atomic E-state index is -0.573. The van der Waals surface area contributed by atoms with E-state index in [1.807, 2.05) is 44.5 Å². The van der Waals surface area contributed by atoms with Gasteiger partial charge in [0, 0.05) is 18.4 Å². The van der Waals surface area contributed by atoms with Crippen molar-refractivity contribution in [3.8, 4) is 0 Å². The van der Waals surface area contributed by atoms with Crippen LogP contribution in [0, 0.1) is 0 Å². The van der Waals surface area contributed by atoms with E-state index in [1.165, 1.54) is 0 Å². The molecule has 0 fully saturated rings. The maximum atomic E-state index is 10.5. The summed E-state index contributed by atoms with van der Waals surface area (Å²) in [6.45, 7) is 2.03. The van der Waals surface area contributed by atoms with Gasteiger partial charge in [0.15, 0.2) is 0 Å². The van der Waals surface area contributed by atoms with Crippen molar-refractivity contribution in [2.24, 2.45) is 7.05 Å². The molecule has 1 N–H and O–H groups in total. The number of rotatable bonds is 5. The largest absolute Gasteiger partial charge is 0.388 e. The summed E-state index contributed by atoms with van der Waals surface area (Å²) in [5.41, 5.74) is 2.71. The zero-order chi connectivity index (χ0) is 14.7. The standard InChI is InChI=1S/C15H19ClN2OS/c1-4-11-15(16)12(18(2)17-11)9-13(19)10-7-5-6-8-14(10)20-3/h5-8,13,19H,4,9H2,1-3H3. The van der Waals surface area contributed by atoms with Gasteiger partial charge in [-0.25, -0.2) is 0 Å². The number of hydrogen-bond donors (Lipinski definition) is 1. The van der Waals surface area contributed by atoms with E-state index in [9.17, 15) is 5.11 Å². The number of hydrogen-bond acceptors (Lipinski definition) is 3. The van der Waals surface area contributed by atoms with Crippen LogP contribution in [-0.4, -0.2) is 21.1 Å². The van der Waals surface area contributed by atoms with Gasteiger partial charge in [-0.1, -0.05) is 36.7 Å². The van der Waals surface area contributed by atoms with Crippen molar-refractivity contribution in [1.82, 2.24) is 9.78 Å². The molecule has 0 saturated carbocycles. The maximum absolute atomic E-state index is 10.5. The number of aromatic nitrogens is 2. The van der Waals surface area contributed by atoms with Crippen LogP contribution in [-0.2, 0) is 19.9 Å². The molecule has 0 aliphatic carbocycles. The Balaban J connectivity index is 2.28. The molecule has 20 heavy (non-hydrogen) atoms. The molecule has 0 amide bonds. The first-order valence-corrected chi connectivity index (χ1v) is 8.20. The molecule has 2 aromatic rings. The topological polar surface area (TPSA) is 38.0 Å². The van der Waals surface area contributed by atoms with Crippen molar-refractivity contribution in [1.29, 1.82) is 0 Å². The smallest absolute Gasteiger partial charge is 0.0856 e. The second-order valence-electron chi connectivity index (χ2n) is 4.65. The molecule has 1 aromatic heterocycles. The van der Waals surface area contributed by atoms with Crippen LogP contribution in [0.1, 0.15) is 30.0 Å². The van der Waals surface area contributed by atoms with Gasteiger partial charge in [-0.2, -0.15) is 5.10 Å². The number of nitrogens with zero attached hydrogens (tertiary/aromatic N) is 2. The van der Waals surface area contributed by atoms with Crippen LogP contribution in [0.2, 0.25) is 5.02 Å². The predicted octanol–water partition coefficient (Wildman–Crippen LogP) is 3.63. The third kappa shape index (κ3) is 3.03. The Hall–Kier alpha value is -0.970. The zero-order valence-electron chi connectivity index (χ0n) is 11.9. The highest BCUT2D eigenvalue weighted by Crippen LogP contribution is 2.30. The van der Waals surface area contributed by atoms with E-state index < -0.39 is 6.10 Å². The van der Waals surface area contributed by atoms with Crippen LogP contribution in [0.25, 0.3) is 0 Å². The summed E-state index contributed by atoms with van der Waals surface area (Å²) < 4.78 is 1.77. The molecule has 0 spiro atoms. The van der Waals surface area contributed by atoms with Gasteiger partial charge < -0.3 is 5.11 Å². The molecule has 108 valence electrons. The van der Waals surface area contributed by atoms with Crippen LogP contribution >= 0.6 is 23.4 Å². The van der Waals surface area contributed by atoms with Crippen molar-refractivity contribution in [3.63, 3.8) is 0 Å². The van der Waals surface area contributed by atoms with Crippen LogP contribution in [0.3, 0.4) is 0 Å². The Morgan fingerprint density at radius 1 is 1.40 bits per heavy atom. The molecule has 3 nitrogen and oxygen atoms in total. The second kappa shape index (κ2) is 6.66. The van der Waals surface area contributed by atoms with Gasteiger partial charge in [-0.05, 0) is 24.3 Å². The molecular formula is C15H19ClN2OS. The fourth-order valence-electron chi connectivity index (χ4n) is 2.28. The van der Waals surface area contributed by atoms with Crippen molar-refractivity contribution in [2.75, 3.05) is 6.26 Å². The van der Waals surface area contributed by atoms with Gasteiger partial charge in [0.2, 0.25) is 0 Å². The molecule has 1 aromatic carbocycles. The quantitative estimate of drug-likeness (QED) is 0.857. The summed E-state index contributed by atoms with van der Waals surface area (Å²) in [6, 6.07) is 7.90. The van der Waals surface area contributed by atoms with Gasteiger partial charge in [0.1, 0.15) is 0 Å². The van der Waals surface area contributed by atoms with Crippen molar-refractivity contribution >= 4 is 23.4 Å². The van der Waals surface area contributed by atoms with Crippen LogP contribution in [0.5, 0.6) is 0 Å². The van der Waals surface area contributed by atoms with E-state index in [0.29, 0.717) is 11.4 Å². The molecule has 5 heteroatoms. The van der Waals surface area contributed by atoms with Crippen LogP contribution in [0.15, 0.2) is 29.2 Å². The highest BCUT2D eigenvalue weighted by molar-refractivity contribution is 7.98. The number of benzene rings is 1. The first-order valence-electron chi connectivity index (χ1n) is 6.59. The summed E-state index contributed by atoms with van der Waals surface area (Å²) in [5.74, 6) is 0. The Labute approximate surface area is 129 Å². The van der Waals surface area contributed by atoms with Crippen molar-refractivity contribution < 1.29 is 5.11 Å². The Kier molecular flexibility index (Phi) is 5.13. The Morgan fingerprint density at radius 3 is 2.70 bits per heavy atom. The molecule has 1 atom stereocenters. The average molecular weight is 311 g/mol. The third-order valence-corrected chi connectivity index (χ3v) is 4.64. The number of aliphatic hydroxyl groups is 1. The van der Waals surface area contributed by atoms with Gasteiger partial charge >= 0.3 is 0 Å². The molecule has 0 radical (unpaired) electrons. The van der Waals surface area contributed by atoms with Crippen LogP contribution in [0.4, 0.5) is 0 Å². The van der Waals surface area contributed by atoms with Gasteiger partial charge in [-0.15, -0.1) is 11.8 Å². The zero-order valence-corrected chi connectivity index (χ0v) is 13.5. The number of aryl methyl sites for hydroxylation is 2. The van der Waals surface area contributed by atoms with Gasteiger partial charge in [0.05, 0.1) is 22.5 Å². The van der Waals surface area contributed by atoms with Crippen molar-refractivity contribution in [2.45, 2.75) is 30.8 Å². The lowest BCUT2D eigenvalue weighted by Crippen LogP contribution is -2.07. The Bertz CT molecular complexity index is 598. The minimum Gasteiger partial charge on any atom is -0.388 e. The molecule has 0 aliphatic heterocycles. The first kappa shape index (κ1) is 15.4. The van der Waals surface area contributed by atoms with Gasteiger partial charge in [-0.3, -0.25) is 4.68 Å². The number of aliphatic hydroxyl groups excluding tert-OH is 1. The highest BCUT2D eigenvalue weighted by atomic mass is 35.5. The fraction of sp³-hybridized carbons (Fsp3) is 0.400. The van der Waals surface area contributed by atoms with E-state index in [-0.39, 0.29) is 0 Å². The van der Waals surface area contributed by atoms with E-state index in [2.05, 4.69) is 5.10 Å². The summed E-state index contributed by atoms with van der Waals surface area (Å²) >= 11 is 7.97. The molecule has 1 heterocycles. The summed E-state index contributed by atoms with van der Waals surface area (Å²) in [4.78, 5) is 1.09. The second-order valence-corrected chi connectivity index (χ2v) is 5.87. The van der Waals surface area contributed by atoms with E-state index in [4.69, 9.17) is 11.6 Å². The molecule has 0 saturated heterocycles. The number of thioether (sulfide) groups is 1. The molecule has 1 unspecified atom stereocenters. The molecule has 0 bridgehead atoms. The SMILES string of the molecule is CCc1nn(C)c(CC(O)c2ccccc2SC)c1Cl. The lowest BCUT2D eigenvalue weighted by Gasteiger charge is -2.14. The van der Waals surface area contributed by atoms with E-state index in [1.54, 1.807) is 16.4 Å². The lowest BCUT2D eigenvalue weighted by atomic mass is 10.0. The summed E-state index contributed by atoms with van der Waals surface area (Å²) in [7, 11) is 1.87. The summed E-state index contributed by atoms with van der Waals surface area (Å²) in [6.07, 6.45) is 2.71.